The van der Waals surface area contributed by atoms with Crippen molar-refractivity contribution in [3.8, 4) is 5.75 Å². The van der Waals surface area contributed by atoms with Crippen molar-refractivity contribution < 1.29 is 33.6 Å². The number of ether oxygens (including phenoxy) is 2. The predicted molar refractivity (Wildman–Crippen MR) is 140 cm³/mol. The van der Waals surface area contributed by atoms with E-state index in [-0.39, 0.29) is 29.0 Å². The molecule has 3 aliphatic carbocycles. The Hall–Kier alpha value is -5.06. The van der Waals surface area contributed by atoms with Crippen LogP contribution >= 0.6 is 0 Å². The van der Waals surface area contributed by atoms with Crippen molar-refractivity contribution in [1.82, 2.24) is 4.90 Å². The van der Waals surface area contributed by atoms with Crippen LogP contribution in [0.1, 0.15) is 34.1 Å². The molecule has 11 heteroatoms. The first kappa shape index (κ1) is 25.2. The zero-order valence-electron chi connectivity index (χ0n) is 21.2. The molecular formula is C29H23N3O8. The molecule has 11 nitrogen and oxygen atoms in total. The first-order chi connectivity index (χ1) is 19.3. The monoisotopic (exact) mass is 541 g/mol. The zero-order valence-corrected chi connectivity index (χ0v) is 21.2. The summed E-state index contributed by atoms with van der Waals surface area (Å²) < 4.78 is 10.1. The number of nitrogens with zero attached hydrogens (tertiary/aromatic N) is 2. The van der Waals surface area contributed by atoms with E-state index in [1.165, 1.54) is 25.3 Å². The van der Waals surface area contributed by atoms with E-state index in [1.807, 2.05) is 48.5 Å². The normalized spacial score (nSPS) is 21.8. The highest BCUT2D eigenvalue weighted by atomic mass is 16.6. The van der Waals surface area contributed by atoms with E-state index in [4.69, 9.17) is 9.47 Å². The van der Waals surface area contributed by atoms with Crippen molar-refractivity contribution in [2.24, 2.45) is 11.8 Å². The number of benzene rings is 3. The summed E-state index contributed by atoms with van der Waals surface area (Å²) in [7, 11) is 1.37. The average Bonchev–Trinajstić information content (AvgIpc) is 3.21. The van der Waals surface area contributed by atoms with Crippen LogP contribution in [-0.2, 0) is 23.9 Å². The number of carbonyl (C=O) groups is 4. The number of nitro groups is 1. The fourth-order valence-corrected chi connectivity index (χ4v) is 6.30. The molecule has 1 N–H and O–H groups in total. The van der Waals surface area contributed by atoms with Gasteiger partial charge in [-0.25, -0.2) is 0 Å². The molecule has 0 saturated carbocycles. The van der Waals surface area contributed by atoms with E-state index in [9.17, 15) is 29.3 Å². The summed E-state index contributed by atoms with van der Waals surface area (Å²) >= 11 is 0. The number of rotatable bonds is 7. The quantitative estimate of drug-likeness (QED) is 0.208. The third-order valence-electron chi connectivity index (χ3n) is 7.87. The molecule has 0 aromatic heterocycles. The Morgan fingerprint density at radius 1 is 0.900 bits per heavy atom. The van der Waals surface area contributed by atoms with Crippen LogP contribution in [0.2, 0.25) is 0 Å². The molecule has 202 valence electrons. The van der Waals surface area contributed by atoms with Gasteiger partial charge in [-0.1, -0.05) is 48.5 Å². The average molecular weight is 542 g/mol. The van der Waals surface area contributed by atoms with Crippen LogP contribution in [0.3, 0.4) is 0 Å². The van der Waals surface area contributed by atoms with Crippen LogP contribution in [0.4, 0.5) is 11.4 Å². The number of nitrogens with one attached hydrogen (secondary N) is 1. The molecule has 3 amide bonds. The molecule has 40 heavy (non-hydrogen) atoms. The number of esters is 1. The first-order valence-corrected chi connectivity index (χ1v) is 12.6. The summed E-state index contributed by atoms with van der Waals surface area (Å²) in [4.78, 5) is 63.8. The summed E-state index contributed by atoms with van der Waals surface area (Å²) in [5.41, 5.74) is 3.56. The molecule has 1 saturated heterocycles. The number of likely N-dealkylation sites (tertiary alicyclic amines) is 1. The van der Waals surface area contributed by atoms with Crippen molar-refractivity contribution in [3.05, 3.63) is 99.1 Å². The lowest BCUT2D eigenvalue weighted by atomic mass is 9.55. The summed E-state index contributed by atoms with van der Waals surface area (Å²) in [5, 5.41) is 13.6. The van der Waals surface area contributed by atoms with E-state index in [0.29, 0.717) is 0 Å². The van der Waals surface area contributed by atoms with E-state index in [0.717, 1.165) is 27.2 Å². The van der Waals surface area contributed by atoms with Gasteiger partial charge >= 0.3 is 5.97 Å². The van der Waals surface area contributed by atoms with Gasteiger partial charge in [0.15, 0.2) is 6.61 Å². The van der Waals surface area contributed by atoms with Gasteiger partial charge in [-0.3, -0.25) is 34.2 Å². The van der Waals surface area contributed by atoms with Gasteiger partial charge in [-0.2, -0.15) is 0 Å². The molecule has 4 aliphatic rings. The molecule has 1 fully saturated rings. The number of methoxy groups -OCH3 is 1. The van der Waals surface area contributed by atoms with Gasteiger partial charge in [0.1, 0.15) is 18.0 Å². The number of hydrogen-bond donors (Lipinski definition) is 1. The van der Waals surface area contributed by atoms with Gasteiger partial charge in [0, 0.05) is 24.0 Å². The Bertz CT molecular complexity index is 1490. The third-order valence-corrected chi connectivity index (χ3v) is 7.87. The van der Waals surface area contributed by atoms with E-state index < -0.39 is 53.6 Å². The highest BCUT2D eigenvalue weighted by Gasteiger charge is 2.61. The maximum absolute atomic E-state index is 13.6. The number of amides is 3. The van der Waals surface area contributed by atoms with Crippen molar-refractivity contribution in [3.63, 3.8) is 0 Å². The minimum Gasteiger partial charge on any atom is -0.497 e. The highest BCUT2D eigenvalue weighted by Crippen LogP contribution is 2.60. The molecular weight excluding hydrogens is 518 g/mol. The Morgan fingerprint density at radius 2 is 1.43 bits per heavy atom. The van der Waals surface area contributed by atoms with Gasteiger partial charge in [-0.05, 0) is 28.3 Å². The van der Waals surface area contributed by atoms with Gasteiger partial charge in [0.05, 0.1) is 23.9 Å². The number of hydrogen-bond acceptors (Lipinski definition) is 8. The Labute approximate surface area is 227 Å². The molecule has 1 heterocycles. The van der Waals surface area contributed by atoms with E-state index >= 15 is 0 Å². The zero-order chi connectivity index (χ0) is 28.1. The predicted octanol–water partition coefficient (Wildman–Crippen LogP) is 2.98. The van der Waals surface area contributed by atoms with Gasteiger partial charge in [-0.15, -0.1) is 0 Å². The number of carbonyl (C=O) groups excluding carboxylic acids is 4. The van der Waals surface area contributed by atoms with Crippen molar-refractivity contribution in [2.45, 2.75) is 11.8 Å². The van der Waals surface area contributed by atoms with E-state index in [2.05, 4.69) is 5.32 Å². The number of nitro benzene ring substituents is 1. The van der Waals surface area contributed by atoms with Gasteiger partial charge in [0.25, 0.3) is 11.6 Å². The molecule has 0 radical (unpaired) electrons. The lowest BCUT2D eigenvalue weighted by molar-refractivity contribution is -0.383. The second kappa shape index (κ2) is 9.60. The fourth-order valence-electron chi connectivity index (χ4n) is 6.30. The lowest BCUT2D eigenvalue weighted by Crippen LogP contribution is -2.41. The van der Waals surface area contributed by atoms with Gasteiger partial charge < -0.3 is 14.8 Å². The minimum absolute atomic E-state index is 0.131. The molecule has 3 aromatic rings. The molecule has 3 aromatic carbocycles. The Kier molecular flexibility index (Phi) is 6.05. The third kappa shape index (κ3) is 3.89. The number of imide groups is 1. The van der Waals surface area contributed by atoms with Crippen LogP contribution in [0, 0.1) is 22.0 Å². The van der Waals surface area contributed by atoms with Crippen molar-refractivity contribution in [1.29, 1.82) is 0 Å². The van der Waals surface area contributed by atoms with Crippen LogP contribution in [0.15, 0.2) is 66.7 Å². The second-order valence-corrected chi connectivity index (χ2v) is 9.88. The standard InChI is InChI=1S/C29H23N3O8/c1-39-15-10-11-21(32(37)38)20(12-15)30-22(33)14-40-23(34)13-31-28(35)26-24-16-6-2-3-7-17(16)25(27(26)29(31)36)19-9-5-4-8-18(19)24/h2-12,24-27H,13-14H2,1H3,(H,30,33)/t24?,25?,26-,27-/m1/s1. The summed E-state index contributed by atoms with van der Waals surface area (Å²) in [6.07, 6.45) is 0. The van der Waals surface area contributed by atoms with Crippen molar-refractivity contribution >= 4 is 35.1 Å². The van der Waals surface area contributed by atoms with Crippen LogP contribution in [0.5, 0.6) is 5.75 Å². The maximum atomic E-state index is 13.6. The summed E-state index contributed by atoms with van der Waals surface area (Å²) in [5.74, 6) is -4.25. The molecule has 2 atom stereocenters. The summed E-state index contributed by atoms with van der Waals surface area (Å²) in [6.45, 7) is -1.40. The molecule has 0 spiro atoms. The fraction of sp³-hybridized carbons (Fsp3) is 0.241. The Morgan fingerprint density at radius 3 is 1.90 bits per heavy atom. The van der Waals surface area contributed by atoms with Crippen LogP contribution in [0.25, 0.3) is 0 Å². The van der Waals surface area contributed by atoms with Gasteiger partial charge in [0.2, 0.25) is 11.8 Å². The first-order valence-electron chi connectivity index (χ1n) is 12.6. The molecule has 1 aliphatic heterocycles. The highest BCUT2D eigenvalue weighted by molar-refractivity contribution is 6.09. The smallest absolute Gasteiger partial charge is 0.326 e. The molecule has 0 unspecified atom stereocenters. The van der Waals surface area contributed by atoms with Crippen LogP contribution in [-0.4, -0.2) is 53.8 Å². The topological polar surface area (TPSA) is 145 Å². The summed E-state index contributed by atoms with van der Waals surface area (Å²) in [6, 6.07) is 19.4. The van der Waals surface area contributed by atoms with Crippen LogP contribution < -0.4 is 10.1 Å². The second-order valence-electron chi connectivity index (χ2n) is 9.88. The molecule has 7 rings (SSSR count). The Balaban J connectivity index is 1.16. The SMILES string of the molecule is COc1ccc([N+](=O)[O-])c(NC(=O)COC(=O)CN2C(=O)[C@@H]3C4c5ccccc5C(c5ccccc54)[C@H]3C2=O)c1. The van der Waals surface area contributed by atoms with E-state index in [1.54, 1.807) is 0 Å². The largest absolute Gasteiger partial charge is 0.497 e. The lowest BCUT2D eigenvalue weighted by Gasteiger charge is -2.45. The maximum Gasteiger partial charge on any atom is 0.326 e. The van der Waals surface area contributed by atoms with Crippen molar-refractivity contribution in [2.75, 3.05) is 25.6 Å². The minimum atomic E-state index is -0.946. The number of anilines is 1. The molecule has 2 bridgehead atoms.